The number of piperazine rings is 1. The average molecular weight is 506 g/mol. The van der Waals surface area contributed by atoms with Gasteiger partial charge >= 0.3 is 0 Å². The standard InChI is InChI=1S/C27H35N7O3/c1-18-16-33(17-19(2)34(18)20(3)35)25-6-4-5-24(31-25)23-15-29-27-22(23)13-21(14-28-27)30-26(36)7-8-32-9-11-37-12-10-32/h4-6,13-15,18-19H,7-12,16-17H2,1-3H3,(H,28,29)(H,30,36)/t18-,19+. The van der Waals surface area contributed by atoms with Crippen LogP contribution < -0.4 is 10.2 Å². The summed E-state index contributed by atoms with van der Waals surface area (Å²) in [6.07, 6.45) is 4.01. The van der Waals surface area contributed by atoms with Gasteiger partial charge in [-0.05, 0) is 32.0 Å². The first-order valence-electron chi connectivity index (χ1n) is 13.0. The van der Waals surface area contributed by atoms with E-state index in [-0.39, 0.29) is 23.9 Å². The smallest absolute Gasteiger partial charge is 0.225 e. The molecule has 2 atom stereocenters. The number of nitrogens with one attached hydrogen (secondary N) is 2. The highest BCUT2D eigenvalue weighted by Gasteiger charge is 2.31. The number of anilines is 2. The molecule has 5 heterocycles. The third kappa shape index (κ3) is 5.60. The van der Waals surface area contributed by atoms with Gasteiger partial charge in [0.2, 0.25) is 11.8 Å². The molecule has 0 unspecified atom stereocenters. The Balaban J connectivity index is 1.31. The Morgan fingerprint density at radius 3 is 2.65 bits per heavy atom. The zero-order valence-electron chi connectivity index (χ0n) is 21.7. The molecule has 10 heteroatoms. The fourth-order valence-electron chi connectivity index (χ4n) is 5.47. The van der Waals surface area contributed by atoms with Crippen molar-refractivity contribution in [2.45, 2.75) is 39.3 Å². The number of carbonyl (C=O) groups is 2. The van der Waals surface area contributed by atoms with Gasteiger partial charge in [0.1, 0.15) is 11.5 Å². The normalized spacial score (nSPS) is 20.8. The molecule has 0 saturated carbocycles. The summed E-state index contributed by atoms with van der Waals surface area (Å²) < 4.78 is 5.37. The molecule has 2 aliphatic rings. The van der Waals surface area contributed by atoms with E-state index in [1.54, 1.807) is 13.1 Å². The van der Waals surface area contributed by atoms with E-state index in [4.69, 9.17) is 9.72 Å². The van der Waals surface area contributed by atoms with Crippen LogP contribution in [0.3, 0.4) is 0 Å². The highest BCUT2D eigenvalue weighted by Crippen LogP contribution is 2.30. The van der Waals surface area contributed by atoms with Crippen LogP contribution in [0.15, 0.2) is 36.7 Å². The molecule has 5 rings (SSSR count). The van der Waals surface area contributed by atoms with Crippen LogP contribution in [0.2, 0.25) is 0 Å². The molecule has 0 bridgehead atoms. The topological polar surface area (TPSA) is 107 Å². The van der Waals surface area contributed by atoms with E-state index in [1.807, 2.05) is 35.4 Å². The largest absolute Gasteiger partial charge is 0.379 e. The van der Waals surface area contributed by atoms with E-state index < -0.39 is 0 Å². The van der Waals surface area contributed by atoms with Crippen LogP contribution in [-0.4, -0.2) is 94.6 Å². The minimum atomic E-state index is -0.0298. The Labute approximate surface area is 217 Å². The maximum absolute atomic E-state index is 12.6. The molecule has 37 heavy (non-hydrogen) atoms. The molecule has 0 radical (unpaired) electrons. The molecule has 2 N–H and O–H groups in total. The van der Waals surface area contributed by atoms with Crippen molar-refractivity contribution in [2.75, 3.05) is 56.2 Å². The van der Waals surface area contributed by atoms with Gasteiger partial charge in [0, 0.05) is 75.3 Å². The van der Waals surface area contributed by atoms with E-state index in [1.165, 1.54) is 0 Å². The first-order chi connectivity index (χ1) is 17.9. The van der Waals surface area contributed by atoms with Gasteiger partial charge in [-0.2, -0.15) is 0 Å². The van der Waals surface area contributed by atoms with Crippen LogP contribution in [0.1, 0.15) is 27.2 Å². The highest BCUT2D eigenvalue weighted by atomic mass is 16.5. The summed E-state index contributed by atoms with van der Waals surface area (Å²) in [4.78, 5) is 43.8. The second-order valence-corrected chi connectivity index (χ2v) is 9.99. The lowest BCUT2D eigenvalue weighted by Gasteiger charge is -2.44. The van der Waals surface area contributed by atoms with Gasteiger partial charge in [-0.1, -0.05) is 6.07 Å². The fourth-order valence-corrected chi connectivity index (χ4v) is 5.47. The summed E-state index contributed by atoms with van der Waals surface area (Å²) in [5.41, 5.74) is 3.17. The first-order valence-corrected chi connectivity index (χ1v) is 13.0. The number of carbonyl (C=O) groups excluding carboxylic acids is 2. The molecule has 2 aliphatic heterocycles. The number of nitrogens with zero attached hydrogens (tertiary/aromatic N) is 5. The van der Waals surface area contributed by atoms with Gasteiger partial charge in [-0.25, -0.2) is 9.97 Å². The molecule has 3 aromatic rings. The van der Waals surface area contributed by atoms with E-state index >= 15 is 0 Å². The third-order valence-corrected chi connectivity index (χ3v) is 7.19. The highest BCUT2D eigenvalue weighted by molar-refractivity contribution is 5.97. The van der Waals surface area contributed by atoms with Crippen LogP contribution in [0.4, 0.5) is 11.5 Å². The van der Waals surface area contributed by atoms with Crippen LogP contribution in [0, 0.1) is 0 Å². The van der Waals surface area contributed by atoms with Gasteiger partial charge in [0.25, 0.3) is 0 Å². The zero-order valence-corrected chi connectivity index (χ0v) is 21.7. The monoisotopic (exact) mass is 505 g/mol. The van der Waals surface area contributed by atoms with Crippen molar-refractivity contribution in [1.82, 2.24) is 24.8 Å². The van der Waals surface area contributed by atoms with E-state index in [0.29, 0.717) is 12.1 Å². The number of rotatable bonds is 6. The minimum absolute atomic E-state index is 0.0298. The molecule has 2 saturated heterocycles. The molecular weight excluding hydrogens is 470 g/mol. The minimum Gasteiger partial charge on any atom is -0.379 e. The van der Waals surface area contributed by atoms with Crippen molar-refractivity contribution < 1.29 is 14.3 Å². The summed E-state index contributed by atoms with van der Waals surface area (Å²) in [5, 5.41) is 3.90. The van der Waals surface area contributed by atoms with Crippen molar-refractivity contribution in [2.24, 2.45) is 0 Å². The number of morpholine rings is 1. The Kier molecular flexibility index (Phi) is 7.38. The van der Waals surface area contributed by atoms with Crippen LogP contribution in [-0.2, 0) is 14.3 Å². The lowest BCUT2D eigenvalue weighted by molar-refractivity contribution is -0.133. The van der Waals surface area contributed by atoms with Crippen molar-refractivity contribution in [1.29, 1.82) is 0 Å². The van der Waals surface area contributed by atoms with Gasteiger partial charge < -0.3 is 24.8 Å². The predicted octanol–water partition coefficient (Wildman–Crippen LogP) is 2.73. The molecule has 2 fully saturated rings. The SMILES string of the molecule is CC(=O)N1[C@H](C)CN(c2cccc(-c3c[nH]c4ncc(NC(=O)CCN5CCOCC5)cc34)n2)C[C@@H]1C. The summed E-state index contributed by atoms with van der Waals surface area (Å²) in [6.45, 7) is 11.1. The number of pyridine rings is 2. The molecule has 0 aliphatic carbocycles. The number of hydrogen-bond acceptors (Lipinski definition) is 7. The van der Waals surface area contributed by atoms with Gasteiger partial charge in [-0.3, -0.25) is 14.5 Å². The second kappa shape index (κ2) is 10.9. The fraction of sp³-hybridized carbons (Fsp3) is 0.481. The average Bonchev–Trinajstić information content (AvgIpc) is 3.31. The number of hydrogen-bond donors (Lipinski definition) is 2. The van der Waals surface area contributed by atoms with Crippen LogP contribution in [0.25, 0.3) is 22.3 Å². The van der Waals surface area contributed by atoms with Gasteiger partial charge in [0.15, 0.2) is 0 Å². The summed E-state index contributed by atoms with van der Waals surface area (Å²) >= 11 is 0. The molecule has 0 aromatic carbocycles. The second-order valence-electron chi connectivity index (χ2n) is 9.99. The predicted molar refractivity (Wildman–Crippen MR) is 143 cm³/mol. The lowest BCUT2D eigenvalue weighted by Crippen LogP contribution is -2.58. The van der Waals surface area contributed by atoms with Crippen LogP contribution in [0.5, 0.6) is 0 Å². The number of amides is 2. The molecular formula is C27H35N7O3. The Morgan fingerprint density at radius 2 is 1.92 bits per heavy atom. The zero-order chi connectivity index (χ0) is 25.9. The Morgan fingerprint density at radius 1 is 1.16 bits per heavy atom. The number of ether oxygens (including phenoxy) is 1. The summed E-state index contributed by atoms with van der Waals surface area (Å²) in [6, 6.07) is 8.17. The maximum atomic E-state index is 12.6. The van der Waals surface area contributed by atoms with E-state index in [9.17, 15) is 9.59 Å². The van der Waals surface area contributed by atoms with Crippen molar-refractivity contribution in [3.8, 4) is 11.3 Å². The van der Waals surface area contributed by atoms with Gasteiger partial charge in [-0.15, -0.1) is 0 Å². The first kappa shape index (κ1) is 25.2. The van der Waals surface area contributed by atoms with Crippen molar-refractivity contribution in [3.05, 3.63) is 36.7 Å². The van der Waals surface area contributed by atoms with Gasteiger partial charge in [0.05, 0.1) is 30.8 Å². The number of fused-ring (bicyclic) bond motifs is 1. The Hall–Kier alpha value is -3.50. The molecule has 2 amide bonds. The number of H-pyrrole nitrogens is 1. The molecule has 3 aromatic heterocycles. The third-order valence-electron chi connectivity index (χ3n) is 7.19. The van der Waals surface area contributed by atoms with Crippen molar-refractivity contribution in [3.63, 3.8) is 0 Å². The molecule has 10 nitrogen and oxygen atoms in total. The lowest BCUT2D eigenvalue weighted by atomic mass is 10.1. The number of aromatic amines is 1. The van der Waals surface area contributed by atoms with E-state index in [2.05, 4.69) is 38.9 Å². The van der Waals surface area contributed by atoms with Crippen LogP contribution >= 0.6 is 0 Å². The quantitative estimate of drug-likeness (QED) is 0.531. The summed E-state index contributed by atoms with van der Waals surface area (Å²) in [7, 11) is 0. The van der Waals surface area contributed by atoms with E-state index in [0.717, 1.165) is 74.0 Å². The van der Waals surface area contributed by atoms with Crippen molar-refractivity contribution >= 4 is 34.4 Å². The summed E-state index contributed by atoms with van der Waals surface area (Å²) in [5.74, 6) is 0.962. The Bertz CT molecular complexity index is 1260. The maximum Gasteiger partial charge on any atom is 0.225 e. The number of aromatic nitrogens is 3. The molecule has 196 valence electrons. The molecule has 0 spiro atoms.